The monoisotopic (exact) mass is 267 g/mol. The van der Waals surface area contributed by atoms with Crippen LogP contribution in [0.15, 0.2) is 18.2 Å². The summed E-state index contributed by atoms with van der Waals surface area (Å²) in [6.07, 6.45) is 0.724. The summed E-state index contributed by atoms with van der Waals surface area (Å²) in [5, 5.41) is 12.0. The third-order valence-corrected chi connectivity index (χ3v) is 4.06. The zero-order valence-corrected chi connectivity index (χ0v) is 12.0. The maximum atomic E-state index is 11.7. The van der Waals surface area contributed by atoms with Crippen molar-refractivity contribution < 1.29 is 9.90 Å². The van der Waals surface area contributed by atoms with Gasteiger partial charge in [-0.1, -0.05) is 13.0 Å². The van der Waals surface area contributed by atoms with Crippen LogP contribution < -0.4 is 5.32 Å². The van der Waals surface area contributed by atoms with E-state index in [4.69, 9.17) is 5.11 Å². The van der Waals surface area contributed by atoms with E-state index in [9.17, 15) is 4.79 Å². The molecule has 1 amide bonds. The summed E-state index contributed by atoms with van der Waals surface area (Å²) >= 11 is 1.56. The lowest BCUT2D eigenvalue weighted by Gasteiger charge is -2.10. The molecule has 18 heavy (non-hydrogen) atoms. The normalized spacial score (nSPS) is 12.2. The van der Waals surface area contributed by atoms with Crippen LogP contribution in [0.1, 0.15) is 24.5 Å². The predicted octanol–water partition coefficient (Wildman–Crippen LogP) is 2.75. The maximum Gasteiger partial charge on any atom is 0.234 e. The van der Waals surface area contributed by atoms with Gasteiger partial charge in [0.05, 0.1) is 5.75 Å². The molecular weight excluding hydrogens is 246 g/mol. The number of hydrogen-bond donors (Lipinski definition) is 2. The minimum atomic E-state index is 0.00745. The van der Waals surface area contributed by atoms with Crippen LogP contribution in [0.4, 0.5) is 5.69 Å². The third kappa shape index (κ3) is 5.10. The second-order valence-corrected chi connectivity index (χ2v) is 5.91. The van der Waals surface area contributed by atoms with Crippen molar-refractivity contribution in [2.24, 2.45) is 0 Å². The first kappa shape index (κ1) is 15.1. The van der Waals surface area contributed by atoms with Crippen molar-refractivity contribution in [1.82, 2.24) is 0 Å². The van der Waals surface area contributed by atoms with Gasteiger partial charge in [0.2, 0.25) is 5.91 Å². The average Bonchev–Trinajstić information content (AvgIpc) is 2.32. The fraction of sp³-hybridized carbons (Fsp3) is 0.500. The lowest BCUT2D eigenvalue weighted by Crippen LogP contribution is -2.16. The molecule has 0 aliphatic rings. The molecule has 1 aromatic carbocycles. The van der Waals surface area contributed by atoms with E-state index in [1.165, 1.54) is 11.1 Å². The van der Waals surface area contributed by atoms with Crippen molar-refractivity contribution in [3.8, 4) is 0 Å². The first-order chi connectivity index (χ1) is 8.52. The van der Waals surface area contributed by atoms with Crippen molar-refractivity contribution in [3.63, 3.8) is 0 Å². The molecule has 0 heterocycles. The Bertz CT molecular complexity index is 407. The van der Waals surface area contributed by atoms with Gasteiger partial charge in [-0.25, -0.2) is 0 Å². The number of aliphatic hydroxyl groups is 1. The molecule has 0 spiro atoms. The molecule has 0 fully saturated rings. The summed E-state index contributed by atoms with van der Waals surface area (Å²) in [4.78, 5) is 11.7. The highest BCUT2D eigenvalue weighted by Gasteiger charge is 2.07. The number of thioether (sulfide) groups is 1. The summed E-state index contributed by atoms with van der Waals surface area (Å²) in [5.41, 5.74) is 3.24. The average molecular weight is 267 g/mol. The van der Waals surface area contributed by atoms with Gasteiger partial charge in [0.25, 0.3) is 0 Å². The van der Waals surface area contributed by atoms with Gasteiger partial charge in [0, 0.05) is 17.5 Å². The van der Waals surface area contributed by atoms with Crippen molar-refractivity contribution in [2.75, 3.05) is 17.7 Å². The summed E-state index contributed by atoms with van der Waals surface area (Å²) in [5.74, 6) is 0.432. The molecule has 0 saturated carbocycles. The largest absolute Gasteiger partial charge is 0.396 e. The summed E-state index contributed by atoms with van der Waals surface area (Å²) in [6, 6.07) is 5.91. The molecular formula is C14H21NO2S. The van der Waals surface area contributed by atoms with Crippen LogP contribution in [0.25, 0.3) is 0 Å². The van der Waals surface area contributed by atoms with Crippen LogP contribution in [-0.4, -0.2) is 28.6 Å². The van der Waals surface area contributed by atoms with E-state index in [2.05, 4.69) is 5.32 Å². The number of aryl methyl sites for hydroxylation is 2. The van der Waals surface area contributed by atoms with Crippen LogP contribution in [0.2, 0.25) is 0 Å². The van der Waals surface area contributed by atoms with E-state index in [1.807, 2.05) is 39.0 Å². The highest BCUT2D eigenvalue weighted by molar-refractivity contribution is 8.00. The molecule has 0 radical (unpaired) electrons. The van der Waals surface area contributed by atoms with Crippen LogP contribution in [-0.2, 0) is 4.79 Å². The zero-order chi connectivity index (χ0) is 13.5. The highest BCUT2D eigenvalue weighted by atomic mass is 32.2. The van der Waals surface area contributed by atoms with E-state index >= 15 is 0 Å². The highest BCUT2D eigenvalue weighted by Crippen LogP contribution is 2.16. The minimum Gasteiger partial charge on any atom is -0.396 e. The lowest BCUT2D eigenvalue weighted by molar-refractivity contribution is -0.113. The van der Waals surface area contributed by atoms with Gasteiger partial charge in [-0.3, -0.25) is 4.79 Å². The zero-order valence-electron chi connectivity index (χ0n) is 11.2. The number of hydrogen-bond acceptors (Lipinski definition) is 3. The number of amides is 1. The van der Waals surface area contributed by atoms with Gasteiger partial charge in [-0.2, -0.15) is 0 Å². The Balaban J connectivity index is 2.42. The molecule has 0 aliphatic heterocycles. The smallest absolute Gasteiger partial charge is 0.234 e. The Morgan fingerprint density at radius 3 is 2.72 bits per heavy atom. The Morgan fingerprint density at radius 1 is 1.39 bits per heavy atom. The molecule has 0 aliphatic carbocycles. The van der Waals surface area contributed by atoms with E-state index in [0.717, 1.165) is 12.1 Å². The molecule has 1 rings (SSSR count). The summed E-state index contributed by atoms with van der Waals surface area (Å²) in [7, 11) is 0. The number of benzene rings is 1. The molecule has 3 nitrogen and oxygen atoms in total. The molecule has 1 unspecified atom stereocenters. The number of anilines is 1. The Morgan fingerprint density at radius 2 is 2.11 bits per heavy atom. The summed E-state index contributed by atoms with van der Waals surface area (Å²) < 4.78 is 0. The van der Waals surface area contributed by atoms with Crippen molar-refractivity contribution in [3.05, 3.63) is 29.3 Å². The van der Waals surface area contributed by atoms with Gasteiger partial charge >= 0.3 is 0 Å². The number of aliphatic hydroxyl groups excluding tert-OH is 1. The molecule has 4 heteroatoms. The number of rotatable bonds is 6. The van der Waals surface area contributed by atoms with Crippen LogP contribution in [0.3, 0.4) is 0 Å². The Hall–Kier alpha value is -1.00. The SMILES string of the molecule is Cc1ccc(NC(=O)CSC(C)CCO)cc1C. The molecule has 1 aromatic rings. The van der Waals surface area contributed by atoms with E-state index < -0.39 is 0 Å². The van der Waals surface area contributed by atoms with Crippen LogP contribution in [0, 0.1) is 13.8 Å². The van der Waals surface area contributed by atoms with E-state index in [1.54, 1.807) is 11.8 Å². The molecule has 0 bridgehead atoms. The van der Waals surface area contributed by atoms with Gasteiger partial charge in [0.1, 0.15) is 0 Å². The first-order valence-corrected chi connectivity index (χ1v) is 7.17. The number of carbonyl (C=O) groups excluding carboxylic acids is 1. The molecule has 0 aromatic heterocycles. The van der Waals surface area contributed by atoms with Crippen molar-refractivity contribution in [2.45, 2.75) is 32.4 Å². The number of nitrogens with one attached hydrogen (secondary N) is 1. The standard InChI is InChI=1S/C14H21NO2S/c1-10-4-5-13(8-11(10)2)15-14(17)9-18-12(3)6-7-16/h4-5,8,12,16H,6-7,9H2,1-3H3,(H,15,17). The van der Waals surface area contributed by atoms with Gasteiger partial charge in [0.15, 0.2) is 0 Å². The van der Waals surface area contributed by atoms with Crippen molar-refractivity contribution >= 4 is 23.4 Å². The number of carbonyl (C=O) groups is 1. The van der Waals surface area contributed by atoms with Crippen LogP contribution in [0.5, 0.6) is 0 Å². The maximum absolute atomic E-state index is 11.7. The minimum absolute atomic E-state index is 0.00745. The molecule has 0 saturated heterocycles. The van der Waals surface area contributed by atoms with E-state index in [-0.39, 0.29) is 12.5 Å². The van der Waals surface area contributed by atoms with E-state index in [0.29, 0.717) is 11.0 Å². The van der Waals surface area contributed by atoms with Gasteiger partial charge < -0.3 is 10.4 Å². The van der Waals surface area contributed by atoms with Gasteiger partial charge in [-0.05, 0) is 43.5 Å². The van der Waals surface area contributed by atoms with Crippen LogP contribution >= 0.6 is 11.8 Å². The third-order valence-electron chi connectivity index (χ3n) is 2.83. The quantitative estimate of drug-likeness (QED) is 0.833. The Kier molecular flexibility index (Phi) is 6.22. The fourth-order valence-electron chi connectivity index (χ4n) is 1.50. The molecule has 1 atom stereocenters. The molecule has 100 valence electrons. The topological polar surface area (TPSA) is 49.3 Å². The second kappa shape index (κ2) is 7.44. The predicted molar refractivity (Wildman–Crippen MR) is 78.2 cm³/mol. The molecule has 2 N–H and O–H groups in total. The fourth-order valence-corrected chi connectivity index (χ4v) is 2.28. The van der Waals surface area contributed by atoms with Crippen molar-refractivity contribution in [1.29, 1.82) is 0 Å². The lowest BCUT2D eigenvalue weighted by atomic mass is 10.1. The second-order valence-electron chi connectivity index (χ2n) is 4.48. The Labute approximate surface area is 113 Å². The first-order valence-electron chi connectivity index (χ1n) is 6.12. The summed E-state index contributed by atoms with van der Waals surface area (Å²) in [6.45, 7) is 6.27. The van der Waals surface area contributed by atoms with Gasteiger partial charge in [-0.15, -0.1) is 11.8 Å².